The number of nitrogens with zero attached hydrogens (tertiary/aromatic N) is 2. The molecule has 4 rings (SSSR count). The molecular weight excluding hydrogens is 436 g/mol. The monoisotopic (exact) mass is 460 g/mol. The number of fused-ring (bicyclic) bond motifs is 1. The van der Waals surface area contributed by atoms with Crippen molar-refractivity contribution >= 4 is 34.8 Å². The summed E-state index contributed by atoms with van der Waals surface area (Å²) in [5.74, 6) is 1.08. The number of hydrogen-bond acceptors (Lipinski definition) is 5. The van der Waals surface area contributed by atoms with Crippen molar-refractivity contribution in [2.24, 2.45) is 0 Å². The Morgan fingerprint density at radius 2 is 1.76 bits per heavy atom. The third-order valence-electron chi connectivity index (χ3n) is 4.99. The van der Waals surface area contributed by atoms with Crippen LogP contribution in [0.4, 0.5) is 16.2 Å². The van der Waals surface area contributed by atoms with Gasteiger partial charge in [-0.15, -0.1) is 11.8 Å². The standard InChI is InChI=1S/C25H24N4O3S/c1-16-8-9-21(32-3)20(12-16)28-25(31)27-19-6-4-5-7-22(19)33-15-18-14-24(30)29-11-10-17(2)13-23(29)26-18/h4-14H,15H2,1-3H3,(H2,27,28,31). The highest BCUT2D eigenvalue weighted by Crippen LogP contribution is 2.30. The highest BCUT2D eigenvalue weighted by atomic mass is 32.2. The van der Waals surface area contributed by atoms with Gasteiger partial charge in [0, 0.05) is 22.9 Å². The van der Waals surface area contributed by atoms with Gasteiger partial charge in [-0.3, -0.25) is 9.20 Å². The van der Waals surface area contributed by atoms with E-state index < -0.39 is 0 Å². The second kappa shape index (κ2) is 9.79. The summed E-state index contributed by atoms with van der Waals surface area (Å²) >= 11 is 1.50. The molecule has 0 radical (unpaired) electrons. The van der Waals surface area contributed by atoms with Gasteiger partial charge in [-0.1, -0.05) is 18.2 Å². The van der Waals surface area contributed by atoms with Crippen LogP contribution in [0.3, 0.4) is 0 Å². The number of hydrogen-bond donors (Lipinski definition) is 2. The van der Waals surface area contributed by atoms with Crippen molar-refractivity contribution in [2.75, 3.05) is 17.7 Å². The number of ether oxygens (including phenoxy) is 1. The van der Waals surface area contributed by atoms with Gasteiger partial charge >= 0.3 is 6.03 Å². The van der Waals surface area contributed by atoms with Crippen molar-refractivity contribution in [1.29, 1.82) is 0 Å². The molecule has 0 aliphatic rings. The SMILES string of the molecule is COc1ccc(C)cc1NC(=O)Nc1ccccc1SCc1cc(=O)n2ccc(C)cc2n1. The fourth-order valence-corrected chi connectivity index (χ4v) is 4.27. The normalized spacial score (nSPS) is 10.8. The quantitative estimate of drug-likeness (QED) is 0.384. The van der Waals surface area contributed by atoms with E-state index in [0.717, 1.165) is 16.0 Å². The number of anilines is 2. The molecule has 0 spiro atoms. The molecule has 7 nitrogen and oxygen atoms in total. The van der Waals surface area contributed by atoms with Crippen LogP contribution >= 0.6 is 11.8 Å². The van der Waals surface area contributed by atoms with Gasteiger partial charge in [0.15, 0.2) is 0 Å². The van der Waals surface area contributed by atoms with E-state index in [-0.39, 0.29) is 11.6 Å². The van der Waals surface area contributed by atoms with E-state index in [1.807, 2.05) is 68.4 Å². The van der Waals surface area contributed by atoms with Crippen molar-refractivity contribution in [1.82, 2.24) is 9.38 Å². The molecule has 0 atom stereocenters. The van der Waals surface area contributed by atoms with Gasteiger partial charge in [-0.05, 0) is 61.4 Å². The van der Waals surface area contributed by atoms with Crippen LogP contribution < -0.4 is 20.9 Å². The summed E-state index contributed by atoms with van der Waals surface area (Å²) in [5.41, 5.74) is 4.49. The molecular formula is C25H24N4O3S. The number of aromatic nitrogens is 2. The summed E-state index contributed by atoms with van der Waals surface area (Å²) in [4.78, 5) is 30.6. The molecule has 0 fully saturated rings. The predicted molar refractivity (Wildman–Crippen MR) is 133 cm³/mol. The largest absolute Gasteiger partial charge is 0.495 e. The van der Waals surface area contributed by atoms with E-state index in [2.05, 4.69) is 15.6 Å². The summed E-state index contributed by atoms with van der Waals surface area (Å²) in [6.45, 7) is 3.91. The predicted octanol–water partition coefficient (Wildman–Crippen LogP) is 5.26. The van der Waals surface area contributed by atoms with Crippen molar-refractivity contribution in [3.05, 3.63) is 94.0 Å². The first-order valence-electron chi connectivity index (χ1n) is 10.4. The summed E-state index contributed by atoms with van der Waals surface area (Å²) in [5, 5.41) is 5.75. The number of para-hydroxylation sites is 1. The molecule has 2 N–H and O–H groups in total. The van der Waals surface area contributed by atoms with E-state index in [1.165, 1.54) is 16.2 Å². The zero-order chi connectivity index (χ0) is 23.4. The summed E-state index contributed by atoms with van der Waals surface area (Å²) in [6.07, 6.45) is 1.73. The third kappa shape index (κ3) is 5.35. The molecule has 168 valence electrons. The molecule has 0 saturated heterocycles. The molecule has 0 unspecified atom stereocenters. The molecule has 2 aromatic carbocycles. The number of carbonyl (C=O) groups is 1. The topological polar surface area (TPSA) is 84.7 Å². The fourth-order valence-electron chi connectivity index (χ4n) is 3.37. The molecule has 0 aliphatic heterocycles. The fraction of sp³-hybridized carbons (Fsp3) is 0.160. The highest BCUT2D eigenvalue weighted by Gasteiger charge is 2.11. The number of pyridine rings is 1. The first-order valence-corrected chi connectivity index (χ1v) is 11.3. The lowest BCUT2D eigenvalue weighted by Crippen LogP contribution is -2.20. The Morgan fingerprint density at radius 3 is 2.58 bits per heavy atom. The lowest BCUT2D eigenvalue weighted by Gasteiger charge is -2.14. The third-order valence-corrected chi connectivity index (χ3v) is 6.10. The van der Waals surface area contributed by atoms with Crippen LogP contribution in [-0.4, -0.2) is 22.5 Å². The number of thioether (sulfide) groups is 1. The summed E-state index contributed by atoms with van der Waals surface area (Å²) in [7, 11) is 1.56. The van der Waals surface area contributed by atoms with Crippen LogP contribution in [0.1, 0.15) is 16.8 Å². The molecule has 0 bridgehead atoms. The number of rotatable bonds is 6. The number of amides is 2. The van der Waals surface area contributed by atoms with Crippen LogP contribution in [0.5, 0.6) is 5.75 Å². The maximum absolute atomic E-state index is 12.7. The molecule has 8 heteroatoms. The van der Waals surface area contributed by atoms with Crippen molar-refractivity contribution in [3.8, 4) is 5.75 Å². The number of aryl methyl sites for hydroxylation is 2. The van der Waals surface area contributed by atoms with Gasteiger partial charge in [0.25, 0.3) is 5.56 Å². The Hall–Kier alpha value is -3.78. The van der Waals surface area contributed by atoms with E-state index in [4.69, 9.17) is 4.74 Å². The van der Waals surface area contributed by atoms with Gasteiger partial charge in [-0.2, -0.15) is 0 Å². The van der Waals surface area contributed by atoms with Crippen LogP contribution in [0, 0.1) is 13.8 Å². The molecule has 2 amide bonds. The maximum Gasteiger partial charge on any atom is 0.323 e. The van der Waals surface area contributed by atoms with Crippen LogP contribution in [0.15, 0.2) is 76.6 Å². The molecule has 2 heterocycles. The molecule has 4 aromatic rings. The number of urea groups is 1. The average Bonchev–Trinajstić information content (AvgIpc) is 2.78. The van der Waals surface area contributed by atoms with Gasteiger partial charge < -0.3 is 15.4 Å². The zero-order valence-corrected chi connectivity index (χ0v) is 19.4. The first kappa shape index (κ1) is 22.4. The van der Waals surface area contributed by atoms with Crippen LogP contribution in [-0.2, 0) is 5.75 Å². The Balaban J connectivity index is 1.49. The summed E-state index contributed by atoms with van der Waals surface area (Å²) < 4.78 is 6.86. The van der Waals surface area contributed by atoms with E-state index in [1.54, 1.807) is 19.4 Å². The molecule has 0 aliphatic carbocycles. The Labute approximate surface area is 195 Å². The van der Waals surface area contributed by atoms with E-state index in [9.17, 15) is 9.59 Å². The van der Waals surface area contributed by atoms with Crippen molar-refractivity contribution in [3.63, 3.8) is 0 Å². The second-order valence-electron chi connectivity index (χ2n) is 7.59. The summed E-state index contributed by atoms with van der Waals surface area (Å²) in [6, 6.07) is 18.0. The highest BCUT2D eigenvalue weighted by molar-refractivity contribution is 7.98. The number of nitrogens with one attached hydrogen (secondary N) is 2. The van der Waals surface area contributed by atoms with Crippen LogP contribution in [0.25, 0.3) is 5.65 Å². The molecule has 33 heavy (non-hydrogen) atoms. The van der Waals surface area contributed by atoms with Gasteiger partial charge in [0.05, 0.1) is 24.2 Å². The van der Waals surface area contributed by atoms with Crippen molar-refractivity contribution < 1.29 is 9.53 Å². The van der Waals surface area contributed by atoms with Crippen LogP contribution in [0.2, 0.25) is 0 Å². The van der Waals surface area contributed by atoms with Crippen molar-refractivity contribution in [2.45, 2.75) is 24.5 Å². The zero-order valence-electron chi connectivity index (χ0n) is 18.6. The van der Waals surface area contributed by atoms with Gasteiger partial charge in [0.1, 0.15) is 11.4 Å². The Morgan fingerprint density at radius 1 is 1.00 bits per heavy atom. The number of methoxy groups -OCH3 is 1. The Kier molecular flexibility index (Phi) is 6.65. The van der Waals surface area contributed by atoms with Gasteiger partial charge in [0.2, 0.25) is 0 Å². The minimum absolute atomic E-state index is 0.117. The lowest BCUT2D eigenvalue weighted by atomic mass is 10.2. The minimum Gasteiger partial charge on any atom is -0.495 e. The minimum atomic E-state index is -0.371. The molecule has 2 aromatic heterocycles. The number of benzene rings is 2. The van der Waals surface area contributed by atoms with E-state index >= 15 is 0 Å². The van der Waals surface area contributed by atoms with E-state index in [0.29, 0.717) is 34.2 Å². The number of carbonyl (C=O) groups excluding carboxylic acids is 1. The second-order valence-corrected chi connectivity index (χ2v) is 8.60. The lowest BCUT2D eigenvalue weighted by molar-refractivity contribution is 0.262. The maximum atomic E-state index is 12.7. The smallest absolute Gasteiger partial charge is 0.323 e. The van der Waals surface area contributed by atoms with Gasteiger partial charge in [-0.25, -0.2) is 9.78 Å². The Bertz CT molecular complexity index is 1380. The first-order chi connectivity index (χ1) is 15.9. The average molecular weight is 461 g/mol. The molecule has 0 saturated carbocycles.